The molecule has 1 N–H and O–H groups in total. The van der Waals surface area contributed by atoms with Gasteiger partial charge in [-0.1, -0.05) is 6.92 Å². The number of aryl methyl sites for hydroxylation is 1. The molecule has 0 saturated heterocycles. The van der Waals surface area contributed by atoms with Crippen molar-refractivity contribution in [2.75, 3.05) is 6.54 Å². The van der Waals surface area contributed by atoms with Gasteiger partial charge in [0.1, 0.15) is 5.65 Å². The molecule has 0 atom stereocenters. The number of aromatic nitrogens is 2. The van der Waals surface area contributed by atoms with Gasteiger partial charge < -0.3 is 9.72 Å². The van der Waals surface area contributed by atoms with E-state index < -0.39 is 0 Å². The van der Waals surface area contributed by atoms with Crippen molar-refractivity contribution in [3.8, 4) is 0 Å². The van der Waals surface area contributed by atoms with Gasteiger partial charge in [0.15, 0.2) is 0 Å². The first-order valence-electron chi connectivity index (χ1n) is 5.44. The van der Waals surface area contributed by atoms with E-state index in [0.717, 1.165) is 17.8 Å². The minimum Gasteiger partial charge on any atom is -0.352 e. The number of pyridine rings is 1. The molecule has 4 heteroatoms. The van der Waals surface area contributed by atoms with Crippen LogP contribution < -0.4 is 5.32 Å². The van der Waals surface area contributed by atoms with Crippen LogP contribution in [0.25, 0.3) is 5.65 Å². The van der Waals surface area contributed by atoms with Gasteiger partial charge in [-0.05, 0) is 25.5 Å². The number of carbonyl (C=O) groups is 1. The van der Waals surface area contributed by atoms with Gasteiger partial charge in [-0.15, -0.1) is 0 Å². The second-order valence-electron chi connectivity index (χ2n) is 3.82. The van der Waals surface area contributed by atoms with Crippen molar-refractivity contribution in [1.29, 1.82) is 0 Å². The van der Waals surface area contributed by atoms with E-state index >= 15 is 0 Å². The molecule has 0 saturated carbocycles. The molecule has 2 aromatic heterocycles. The molecular formula is C12H15N3O. The lowest BCUT2D eigenvalue weighted by atomic mass is 10.2. The van der Waals surface area contributed by atoms with Gasteiger partial charge in [0, 0.05) is 24.5 Å². The lowest BCUT2D eigenvalue weighted by Gasteiger charge is -2.03. The first kappa shape index (κ1) is 10.7. The topological polar surface area (TPSA) is 46.4 Å². The summed E-state index contributed by atoms with van der Waals surface area (Å²) < 4.78 is 1.91. The van der Waals surface area contributed by atoms with Crippen molar-refractivity contribution in [3.63, 3.8) is 0 Å². The first-order chi connectivity index (χ1) is 7.70. The SMILES string of the molecule is CCCNC(=O)c1ccn2cc(C)nc2c1. The summed E-state index contributed by atoms with van der Waals surface area (Å²) >= 11 is 0. The maximum Gasteiger partial charge on any atom is 0.251 e. The zero-order chi connectivity index (χ0) is 11.5. The zero-order valence-corrected chi connectivity index (χ0v) is 9.53. The van der Waals surface area contributed by atoms with Gasteiger partial charge in [0.25, 0.3) is 5.91 Å². The molecule has 0 radical (unpaired) electrons. The van der Waals surface area contributed by atoms with Crippen molar-refractivity contribution in [3.05, 3.63) is 35.8 Å². The quantitative estimate of drug-likeness (QED) is 0.851. The fourth-order valence-electron chi connectivity index (χ4n) is 1.59. The van der Waals surface area contributed by atoms with Crippen LogP contribution in [0.2, 0.25) is 0 Å². The average Bonchev–Trinajstić information content (AvgIpc) is 2.64. The highest BCUT2D eigenvalue weighted by atomic mass is 16.1. The number of nitrogens with zero attached hydrogens (tertiary/aromatic N) is 2. The standard InChI is InChI=1S/C12H15N3O/c1-3-5-13-12(16)10-4-6-15-8-9(2)14-11(15)7-10/h4,6-8H,3,5H2,1-2H3,(H,13,16). The van der Waals surface area contributed by atoms with Crippen LogP contribution in [0.5, 0.6) is 0 Å². The number of rotatable bonds is 3. The molecule has 1 amide bonds. The summed E-state index contributed by atoms with van der Waals surface area (Å²) in [7, 11) is 0. The van der Waals surface area contributed by atoms with Gasteiger partial charge >= 0.3 is 0 Å². The van der Waals surface area contributed by atoms with Crippen LogP contribution in [0.1, 0.15) is 29.4 Å². The van der Waals surface area contributed by atoms with Crippen LogP contribution in [-0.2, 0) is 0 Å². The van der Waals surface area contributed by atoms with Gasteiger partial charge in [-0.2, -0.15) is 0 Å². The third kappa shape index (κ3) is 2.05. The van der Waals surface area contributed by atoms with Gasteiger partial charge in [-0.25, -0.2) is 4.98 Å². The molecule has 0 aliphatic carbocycles. The fourth-order valence-corrected chi connectivity index (χ4v) is 1.59. The summed E-state index contributed by atoms with van der Waals surface area (Å²) in [5.41, 5.74) is 2.42. The Morgan fingerprint density at radius 3 is 3.12 bits per heavy atom. The molecular weight excluding hydrogens is 202 g/mol. The number of fused-ring (bicyclic) bond motifs is 1. The van der Waals surface area contributed by atoms with Crippen molar-refractivity contribution >= 4 is 11.6 Å². The van der Waals surface area contributed by atoms with Gasteiger partial charge in [0.05, 0.1) is 5.69 Å². The Bertz CT molecular complexity index is 516. The van der Waals surface area contributed by atoms with Crippen molar-refractivity contribution < 1.29 is 4.79 Å². The molecule has 16 heavy (non-hydrogen) atoms. The second-order valence-corrected chi connectivity index (χ2v) is 3.82. The molecule has 0 aliphatic rings. The number of carbonyl (C=O) groups excluding carboxylic acids is 1. The lowest BCUT2D eigenvalue weighted by molar-refractivity contribution is 0.0953. The largest absolute Gasteiger partial charge is 0.352 e. The summed E-state index contributed by atoms with van der Waals surface area (Å²) in [5.74, 6) is -0.0370. The molecule has 2 aromatic rings. The average molecular weight is 217 g/mol. The molecule has 2 heterocycles. The van der Waals surface area contributed by atoms with Crippen molar-refractivity contribution in [2.24, 2.45) is 0 Å². The van der Waals surface area contributed by atoms with Crippen LogP contribution in [0.3, 0.4) is 0 Å². The van der Waals surface area contributed by atoms with E-state index in [4.69, 9.17) is 0 Å². The van der Waals surface area contributed by atoms with E-state index in [1.54, 1.807) is 12.1 Å². The molecule has 0 spiro atoms. The van der Waals surface area contributed by atoms with Crippen molar-refractivity contribution in [2.45, 2.75) is 20.3 Å². The van der Waals surface area contributed by atoms with E-state index in [9.17, 15) is 4.79 Å². The Morgan fingerprint density at radius 2 is 2.38 bits per heavy atom. The smallest absolute Gasteiger partial charge is 0.251 e. The summed E-state index contributed by atoms with van der Waals surface area (Å²) in [6.45, 7) is 4.67. The number of hydrogen-bond donors (Lipinski definition) is 1. The van der Waals surface area contributed by atoms with Gasteiger partial charge in [0.2, 0.25) is 0 Å². The van der Waals surface area contributed by atoms with Crippen LogP contribution in [0, 0.1) is 6.92 Å². The second kappa shape index (κ2) is 4.35. The van der Waals surface area contributed by atoms with E-state index in [0.29, 0.717) is 12.1 Å². The molecule has 0 bridgehead atoms. The lowest BCUT2D eigenvalue weighted by Crippen LogP contribution is -2.23. The predicted molar refractivity (Wildman–Crippen MR) is 62.6 cm³/mol. The third-order valence-corrected chi connectivity index (χ3v) is 2.38. The molecule has 0 aliphatic heterocycles. The normalized spacial score (nSPS) is 10.6. The maximum atomic E-state index is 11.7. The van der Waals surface area contributed by atoms with Gasteiger partial charge in [-0.3, -0.25) is 4.79 Å². The zero-order valence-electron chi connectivity index (χ0n) is 9.53. The molecule has 0 aromatic carbocycles. The monoisotopic (exact) mass is 217 g/mol. The van der Waals surface area contributed by atoms with E-state index in [1.807, 2.05) is 30.6 Å². The highest BCUT2D eigenvalue weighted by molar-refractivity contribution is 5.94. The molecule has 0 unspecified atom stereocenters. The Kier molecular flexibility index (Phi) is 2.90. The van der Waals surface area contributed by atoms with E-state index in [-0.39, 0.29) is 5.91 Å². The summed E-state index contributed by atoms with van der Waals surface area (Å²) in [6, 6.07) is 3.61. The molecule has 4 nitrogen and oxygen atoms in total. The van der Waals surface area contributed by atoms with Crippen LogP contribution in [-0.4, -0.2) is 21.8 Å². The number of amides is 1. The maximum absolute atomic E-state index is 11.7. The van der Waals surface area contributed by atoms with Crippen LogP contribution >= 0.6 is 0 Å². The molecule has 84 valence electrons. The van der Waals surface area contributed by atoms with Crippen molar-refractivity contribution in [1.82, 2.24) is 14.7 Å². The minimum absolute atomic E-state index is 0.0370. The highest BCUT2D eigenvalue weighted by Gasteiger charge is 2.06. The molecule has 2 rings (SSSR count). The summed E-state index contributed by atoms with van der Waals surface area (Å²) in [6.07, 6.45) is 4.73. The van der Waals surface area contributed by atoms with Crippen LogP contribution in [0.4, 0.5) is 0 Å². The van der Waals surface area contributed by atoms with E-state index in [1.165, 1.54) is 0 Å². The highest BCUT2D eigenvalue weighted by Crippen LogP contribution is 2.07. The fraction of sp³-hybridized carbons (Fsp3) is 0.333. The minimum atomic E-state index is -0.0370. The number of hydrogen-bond acceptors (Lipinski definition) is 2. The summed E-state index contributed by atoms with van der Waals surface area (Å²) in [5, 5.41) is 2.84. The number of nitrogens with one attached hydrogen (secondary N) is 1. The Labute approximate surface area is 94.3 Å². The first-order valence-corrected chi connectivity index (χ1v) is 5.44. The third-order valence-electron chi connectivity index (χ3n) is 2.38. The Hall–Kier alpha value is -1.84. The van der Waals surface area contributed by atoms with E-state index in [2.05, 4.69) is 10.3 Å². The Morgan fingerprint density at radius 1 is 1.56 bits per heavy atom. The Balaban J connectivity index is 2.28. The van der Waals surface area contributed by atoms with Crippen LogP contribution in [0.15, 0.2) is 24.5 Å². The molecule has 0 fully saturated rings. The number of imidazole rings is 1. The predicted octanol–water partition coefficient (Wildman–Crippen LogP) is 1.78. The summed E-state index contributed by atoms with van der Waals surface area (Å²) in [4.78, 5) is 16.0.